The van der Waals surface area contributed by atoms with E-state index in [-0.39, 0.29) is 5.69 Å². The van der Waals surface area contributed by atoms with Crippen LogP contribution in [0.3, 0.4) is 0 Å². The molecule has 0 aliphatic carbocycles. The van der Waals surface area contributed by atoms with Gasteiger partial charge in [-0.3, -0.25) is 4.79 Å². The lowest BCUT2D eigenvalue weighted by Crippen LogP contribution is -2.25. The van der Waals surface area contributed by atoms with E-state index >= 15 is 0 Å². The van der Waals surface area contributed by atoms with Crippen LogP contribution < -0.4 is 4.90 Å². The monoisotopic (exact) mass is 223 g/mol. The maximum absolute atomic E-state index is 13.3. The maximum Gasteiger partial charge on any atom is 0.328 e. The topological polar surface area (TPSA) is 57.6 Å². The van der Waals surface area contributed by atoms with Crippen LogP contribution in [0.1, 0.15) is 0 Å². The molecular weight excluding hydrogens is 213 g/mol. The predicted molar refractivity (Wildman–Crippen MR) is 56.6 cm³/mol. The molecule has 0 fully saturated rings. The number of para-hydroxylation sites is 1. The van der Waals surface area contributed by atoms with Crippen LogP contribution in [-0.4, -0.2) is 24.0 Å². The Morgan fingerprint density at radius 1 is 1.31 bits per heavy atom. The molecule has 16 heavy (non-hydrogen) atoms. The van der Waals surface area contributed by atoms with Gasteiger partial charge >= 0.3 is 5.97 Å². The van der Waals surface area contributed by atoms with Crippen molar-refractivity contribution < 1.29 is 19.1 Å². The first-order valence-electron chi connectivity index (χ1n) is 4.45. The molecule has 4 nitrogen and oxygen atoms in total. The summed E-state index contributed by atoms with van der Waals surface area (Å²) < 4.78 is 13.3. The number of aliphatic carboxylic acids is 1. The molecule has 0 spiro atoms. The highest BCUT2D eigenvalue weighted by molar-refractivity contribution is 6.03. The first-order chi connectivity index (χ1) is 7.52. The smallest absolute Gasteiger partial charge is 0.328 e. The maximum atomic E-state index is 13.3. The molecule has 0 atom stereocenters. The van der Waals surface area contributed by atoms with E-state index in [4.69, 9.17) is 5.11 Å². The van der Waals surface area contributed by atoms with E-state index in [1.54, 1.807) is 6.07 Å². The fraction of sp³-hybridized carbons (Fsp3) is 0.0909. The molecule has 1 rings (SSSR count). The van der Waals surface area contributed by atoms with Gasteiger partial charge in [0.05, 0.1) is 5.69 Å². The zero-order chi connectivity index (χ0) is 12.1. The van der Waals surface area contributed by atoms with Crippen molar-refractivity contribution in [1.29, 1.82) is 0 Å². The van der Waals surface area contributed by atoms with E-state index in [2.05, 4.69) is 0 Å². The number of hydrogen-bond donors (Lipinski definition) is 1. The molecule has 5 heteroatoms. The van der Waals surface area contributed by atoms with Gasteiger partial charge in [-0.25, -0.2) is 9.18 Å². The van der Waals surface area contributed by atoms with E-state index in [0.29, 0.717) is 6.08 Å². The summed E-state index contributed by atoms with van der Waals surface area (Å²) in [6.45, 7) is 0. The SMILES string of the molecule is CN(C(=O)C=CC(=O)O)c1ccccc1F. The number of anilines is 1. The number of rotatable bonds is 3. The van der Waals surface area contributed by atoms with Crippen molar-refractivity contribution in [2.75, 3.05) is 11.9 Å². The minimum atomic E-state index is -1.23. The molecule has 0 heterocycles. The number of nitrogens with zero attached hydrogens (tertiary/aromatic N) is 1. The predicted octanol–water partition coefficient (Wildman–Crippen LogP) is 1.43. The average Bonchev–Trinajstić information content (AvgIpc) is 2.25. The Bertz CT molecular complexity index is 443. The molecule has 0 saturated heterocycles. The Kier molecular flexibility index (Phi) is 3.77. The van der Waals surface area contributed by atoms with Gasteiger partial charge in [0.2, 0.25) is 0 Å². The first-order valence-corrected chi connectivity index (χ1v) is 4.45. The molecule has 0 saturated carbocycles. The Morgan fingerprint density at radius 3 is 2.50 bits per heavy atom. The molecule has 0 aromatic heterocycles. The lowest BCUT2D eigenvalue weighted by atomic mass is 10.3. The van der Waals surface area contributed by atoms with Crippen molar-refractivity contribution in [2.24, 2.45) is 0 Å². The lowest BCUT2D eigenvalue weighted by molar-refractivity contribution is -0.131. The highest BCUT2D eigenvalue weighted by atomic mass is 19.1. The number of halogens is 1. The fourth-order valence-corrected chi connectivity index (χ4v) is 1.10. The second-order valence-electron chi connectivity index (χ2n) is 3.02. The summed E-state index contributed by atoms with van der Waals surface area (Å²) in [4.78, 5) is 22.6. The molecule has 0 unspecified atom stereocenters. The Balaban J connectivity index is 2.86. The van der Waals surface area contributed by atoms with Crippen LogP contribution in [-0.2, 0) is 9.59 Å². The van der Waals surface area contributed by atoms with Crippen molar-refractivity contribution in [2.45, 2.75) is 0 Å². The van der Waals surface area contributed by atoms with E-state index in [1.165, 1.54) is 25.2 Å². The van der Waals surface area contributed by atoms with Gasteiger partial charge in [0, 0.05) is 19.2 Å². The molecular formula is C11H10FNO3. The minimum absolute atomic E-state index is 0.0996. The normalized spacial score (nSPS) is 10.4. The molecule has 1 N–H and O–H groups in total. The van der Waals surface area contributed by atoms with Crippen LogP contribution in [0.5, 0.6) is 0 Å². The number of carboxylic acids is 1. The summed E-state index contributed by atoms with van der Waals surface area (Å²) in [7, 11) is 1.37. The quantitative estimate of drug-likeness (QED) is 0.788. The molecule has 1 amide bonds. The Hall–Kier alpha value is -2.17. The van der Waals surface area contributed by atoms with Gasteiger partial charge in [-0.05, 0) is 12.1 Å². The number of carboxylic acid groups (broad SMARTS) is 1. The number of hydrogen-bond acceptors (Lipinski definition) is 2. The third kappa shape index (κ3) is 2.91. The van der Waals surface area contributed by atoms with E-state index in [9.17, 15) is 14.0 Å². The fourth-order valence-electron chi connectivity index (χ4n) is 1.10. The zero-order valence-corrected chi connectivity index (χ0v) is 8.55. The van der Waals surface area contributed by atoms with Crippen LogP contribution in [0.25, 0.3) is 0 Å². The highest BCUT2D eigenvalue weighted by Gasteiger charge is 2.11. The molecule has 84 valence electrons. The van der Waals surface area contributed by atoms with Crippen LogP contribution >= 0.6 is 0 Å². The zero-order valence-electron chi connectivity index (χ0n) is 8.55. The van der Waals surface area contributed by atoms with E-state index in [1.807, 2.05) is 0 Å². The Morgan fingerprint density at radius 2 is 1.94 bits per heavy atom. The second-order valence-corrected chi connectivity index (χ2v) is 3.02. The van der Waals surface area contributed by atoms with Gasteiger partial charge in [-0.1, -0.05) is 12.1 Å². The summed E-state index contributed by atoms with van der Waals surface area (Å²) in [5.74, 6) is -2.37. The van der Waals surface area contributed by atoms with Gasteiger partial charge in [-0.15, -0.1) is 0 Å². The van der Waals surface area contributed by atoms with E-state index < -0.39 is 17.7 Å². The number of carbonyl (C=O) groups is 2. The van der Waals surface area contributed by atoms with E-state index in [0.717, 1.165) is 11.0 Å². The summed E-state index contributed by atoms with van der Waals surface area (Å²) in [5, 5.41) is 8.34. The summed E-state index contributed by atoms with van der Waals surface area (Å²) in [6, 6.07) is 5.75. The highest BCUT2D eigenvalue weighted by Crippen LogP contribution is 2.17. The van der Waals surface area contributed by atoms with Gasteiger partial charge in [0.25, 0.3) is 5.91 Å². The number of carbonyl (C=O) groups excluding carboxylic acids is 1. The van der Waals surface area contributed by atoms with Gasteiger partial charge in [-0.2, -0.15) is 0 Å². The minimum Gasteiger partial charge on any atom is -0.478 e. The van der Waals surface area contributed by atoms with Crippen molar-refractivity contribution in [3.05, 3.63) is 42.2 Å². The summed E-state index contributed by atoms with van der Waals surface area (Å²) >= 11 is 0. The molecule has 1 aromatic carbocycles. The van der Waals surface area contributed by atoms with Gasteiger partial charge < -0.3 is 10.0 Å². The third-order valence-electron chi connectivity index (χ3n) is 1.91. The van der Waals surface area contributed by atoms with Gasteiger partial charge in [0.1, 0.15) is 5.82 Å². The van der Waals surface area contributed by atoms with Crippen LogP contribution in [0.2, 0.25) is 0 Å². The molecule has 1 aromatic rings. The van der Waals surface area contributed by atoms with Crippen molar-refractivity contribution in [3.63, 3.8) is 0 Å². The van der Waals surface area contributed by atoms with Crippen LogP contribution in [0.4, 0.5) is 10.1 Å². The standard InChI is InChI=1S/C11H10FNO3/c1-13(10(14)6-7-11(15)16)9-5-3-2-4-8(9)12/h2-7H,1H3,(H,15,16). The van der Waals surface area contributed by atoms with Crippen molar-refractivity contribution in [3.8, 4) is 0 Å². The first kappa shape index (κ1) is 11.9. The number of likely N-dealkylation sites (N-methyl/N-ethyl adjacent to an activating group) is 1. The second kappa shape index (κ2) is 5.06. The van der Waals surface area contributed by atoms with Crippen molar-refractivity contribution >= 4 is 17.6 Å². The molecule has 0 radical (unpaired) electrons. The summed E-state index contributed by atoms with van der Waals surface area (Å²) in [6.07, 6.45) is 1.58. The lowest BCUT2D eigenvalue weighted by Gasteiger charge is -2.15. The molecule has 0 aliphatic heterocycles. The van der Waals surface area contributed by atoms with Gasteiger partial charge in [0.15, 0.2) is 0 Å². The molecule has 0 aliphatic rings. The van der Waals surface area contributed by atoms with Crippen LogP contribution in [0.15, 0.2) is 36.4 Å². The molecule has 0 bridgehead atoms. The largest absolute Gasteiger partial charge is 0.478 e. The summed E-state index contributed by atoms with van der Waals surface area (Å²) in [5.41, 5.74) is 0.0996. The van der Waals surface area contributed by atoms with Crippen molar-refractivity contribution in [1.82, 2.24) is 0 Å². The average molecular weight is 223 g/mol. The third-order valence-corrected chi connectivity index (χ3v) is 1.91. The Labute approximate surface area is 91.6 Å². The number of amides is 1. The number of benzene rings is 1. The van der Waals surface area contributed by atoms with Crippen LogP contribution in [0, 0.1) is 5.82 Å².